The molecule has 0 saturated heterocycles. The van der Waals surface area contributed by atoms with Gasteiger partial charge in [-0.3, -0.25) is 14.0 Å². The van der Waals surface area contributed by atoms with Crippen molar-refractivity contribution in [3.05, 3.63) is 65.6 Å². The predicted octanol–water partition coefficient (Wildman–Crippen LogP) is 1.92. The molecule has 26 heavy (non-hydrogen) atoms. The Morgan fingerprint density at radius 1 is 1.12 bits per heavy atom. The van der Waals surface area contributed by atoms with Gasteiger partial charge in [-0.1, -0.05) is 35.9 Å². The monoisotopic (exact) mass is 351 g/mol. The van der Waals surface area contributed by atoms with E-state index in [1.807, 2.05) is 60.0 Å². The van der Waals surface area contributed by atoms with Crippen molar-refractivity contribution in [2.24, 2.45) is 0 Å². The average molecular weight is 351 g/mol. The Kier molecular flexibility index (Phi) is 5.26. The van der Waals surface area contributed by atoms with Gasteiger partial charge in [0.15, 0.2) is 11.5 Å². The zero-order valence-electron chi connectivity index (χ0n) is 14.8. The third-order valence-electron chi connectivity index (χ3n) is 4.07. The van der Waals surface area contributed by atoms with E-state index >= 15 is 0 Å². The number of amides is 2. The molecular formula is C19H21N5O2. The second kappa shape index (κ2) is 7.77. The molecule has 2 aromatic heterocycles. The SMILES string of the molecule is CC(=O)N[C@H](CC(=O)NCc1nnc2ccccn12)c1ccc(C)cc1. The minimum absolute atomic E-state index is 0.152. The van der Waals surface area contributed by atoms with Crippen molar-refractivity contribution < 1.29 is 9.59 Å². The number of carbonyl (C=O) groups excluding carboxylic acids is 2. The van der Waals surface area contributed by atoms with Gasteiger partial charge in [-0.25, -0.2) is 0 Å². The number of hydrogen-bond acceptors (Lipinski definition) is 4. The van der Waals surface area contributed by atoms with Crippen LogP contribution in [0.25, 0.3) is 5.65 Å². The molecule has 0 unspecified atom stereocenters. The topological polar surface area (TPSA) is 88.4 Å². The van der Waals surface area contributed by atoms with E-state index in [9.17, 15) is 9.59 Å². The molecule has 0 saturated carbocycles. The first-order valence-corrected chi connectivity index (χ1v) is 8.42. The summed E-state index contributed by atoms with van der Waals surface area (Å²) in [6.07, 6.45) is 2.00. The van der Waals surface area contributed by atoms with Gasteiger partial charge < -0.3 is 10.6 Å². The van der Waals surface area contributed by atoms with Gasteiger partial charge in [0.2, 0.25) is 11.8 Å². The minimum atomic E-state index is -0.372. The second-order valence-corrected chi connectivity index (χ2v) is 6.19. The third kappa shape index (κ3) is 4.24. The van der Waals surface area contributed by atoms with Crippen LogP contribution in [0.3, 0.4) is 0 Å². The van der Waals surface area contributed by atoms with E-state index < -0.39 is 0 Å². The quantitative estimate of drug-likeness (QED) is 0.710. The Hall–Kier alpha value is -3.22. The van der Waals surface area contributed by atoms with Crippen LogP contribution in [0.2, 0.25) is 0 Å². The molecule has 0 bridgehead atoms. The number of carbonyl (C=O) groups is 2. The fraction of sp³-hybridized carbons (Fsp3) is 0.263. The highest BCUT2D eigenvalue weighted by molar-refractivity contribution is 5.79. The number of hydrogen-bond donors (Lipinski definition) is 2. The Morgan fingerprint density at radius 2 is 1.88 bits per heavy atom. The molecule has 3 aromatic rings. The summed E-state index contributed by atoms with van der Waals surface area (Å²) >= 11 is 0. The van der Waals surface area contributed by atoms with Crippen LogP contribution < -0.4 is 10.6 Å². The Labute approximate surface area is 151 Å². The molecule has 0 radical (unpaired) electrons. The number of pyridine rings is 1. The Balaban J connectivity index is 1.65. The summed E-state index contributed by atoms with van der Waals surface area (Å²) in [5.74, 6) is 0.309. The van der Waals surface area contributed by atoms with E-state index in [1.165, 1.54) is 6.92 Å². The molecule has 0 aliphatic rings. The maximum Gasteiger partial charge on any atom is 0.222 e. The first-order valence-electron chi connectivity index (χ1n) is 8.42. The molecule has 0 fully saturated rings. The van der Waals surface area contributed by atoms with Gasteiger partial charge in [0.25, 0.3) is 0 Å². The molecular weight excluding hydrogens is 330 g/mol. The number of aromatic nitrogens is 3. The van der Waals surface area contributed by atoms with Crippen LogP contribution in [0.1, 0.15) is 36.3 Å². The van der Waals surface area contributed by atoms with Crippen LogP contribution in [0.15, 0.2) is 48.7 Å². The van der Waals surface area contributed by atoms with E-state index in [2.05, 4.69) is 20.8 Å². The lowest BCUT2D eigenvalue weighted by molar-refractivity contribution is -0.123. The molecule has 0 spiro atoms. The summed E-state index contributed by atoms with van der Waals surface area (Å²) in [6, 6.07) is 13.0. The van der Waals surface area contributed by atoms with Gasteiger partial charge >= 0.3 is 0 Å². The van der Waals surface area contributed by atoms with Gasteiger partial charge in [-0.15, -0.1) is 10.2 Å². The summed E-state index contributed by atoms with van der Waals surface area (Å²) in [7, 11) is 0. The maximum atomic E-state index is 12.4. The Bertz CT molecular complexity index is 917. The standard InChI is InChI=1S/C19H21N5O2/c1-13-6-8-15(9-7-13)16(21-14(2)25)11-19(26)20-12-18-23-22-17-5-3-4-10-24(17)18/h3-10,16H,11-12H2,1-2H3,(H,20,26)(H,21,25)/t16-/m1/s1. The molecule has 1 atom stereocenters. The van der Waals surface area contributed by atoms with Crippen molar-refractivity contribution >= 4 is 17.5 Å². The normalized spacial score (nSPS) is 11.9. The third-order valence-corrected chi connectivity index (χ3v) is 4.07. The van der Waals surface area contributed by atoms with Crippen LogP contribution >= 0.6 is 0 Å². The number of aryl methyl sites for hydroxylation is 1. The number of benzene rings is 1. The molecule has 134 valence electrons. The minimum Gasteiger partial charge on any atom is -0.349 e. The first kappa shape index (κ1) is 17.6. The summed E-state index contributed by atoms with van der Waals surface area (Å²) < 4.78 is 1.82. The van der Waals surface area contributed by atoms with Crippen LogP contribution in [0.5, 0.6) is 0 Å². The fourth-order valence-electron chi connectivity index (χ4n) is 2.74. The van der Waals surface area contributed by atoms with Crippen molar-refractivity contribution in [3.63, 3.8) is 0 Å². The van der Waals surface area contributed by atoms with E-state index in [-0.39, 0.29) is 30.8 Å². The molecule has 1 aromatic carbocycles. The zero-order chi connectivity index (χ0) is 18.5. The van der Waals surface area contributed by atoms with Crippen molar-refractivity contribution in [3.8, 4) is 0 Å². The zero-order valence-corrected chi connectivity index (χ0v) is 14.8. The second-order valence-electron chi connectivity index (χ2n) is 6.19. The smallest absolute Gasteiger partial charge is 0.222 e. The average Bonchev–Trinajstić information content (AvgIpc) is 3.03. The largest absolute Gasteiger partial charge is 0.349 e. The highest BCUT2D eigenvalue weighted by atomic mass is 16.2. The highest BCUT2D eigenvalue weighted by Crippen LogP contribution is 2.17. The molecule has 2 amide bonds. The number of nitrogens with zero attached hydrogens (tertiary/aromatic N) is 3. The highest BCUT2D eigenvalue weighted by Gasteiger charge is 2.17. The lowest BCUT2D eigenvalue weighted by Gasteiger charge is -2.18. The van der Waals surface area contributed by atoms with Gasteiger partial charge in [-0.05, 0) is 24.6 Å². The molecule has 7 nitrogen and oxygen atoms in total. The molecule has 0 aliphatic carbocycles. The lowest BCUT2D eigenvalue weighted by atomic mass is 10.0. The van der Waals surface area contributed by atoms with Crippen molar-refractivity contribution in [2.75, 3.05) is 0 Å². The van der Waals surface area contributed by atoms with Gasteiger partial charge in [-0.2, -0.15) is 0 Å². The van der Waals surface area contributed by atoms with E-state index in [0.29, 0.717) is 5.82 Å². The van der Waals surface area contributed by atoms with E-state index in [4.69, 9.17) is 0 Å². The number of nitrogens with one attached hydrogen (secondary N) is 2. The lowest BCUT2D eigenvalue weighted by Crippen LogP contribution is -2.32. The fourth-order valence-corrected chi connectivity index (χ4v) is 2.74. The predicted molar refractivity (Wildman–Crippen MR) is 97.2 cm³/mol. The Morgan fingerprint density at radius 3 is 2.62 bits per heavy atom. The molecule has 2 N–H and O–H groups in total. The van der Waals surface area contributed by atoms with Gasteiger partial charge in [0.1, 0.15) is 0 Å². The summed E-state index contributed by atoms with van der Waals surface area (Å²) in [6.45, 7) is 3.71. The van der Waals surface area contributed by atoms with Gasteiger partial charge in [0, 0.05) is 13.1 Å². The van der Waals surface area contributed by atoms with Crippen molar-refractivity contribution in [1.29, 1.82) is 0 Å². The first-order chi connectivity index (χ1) is 12.5. The molecule has 3 rings (SSSR count). The van der Waals surface area contributed by atoms with Crippen LogP contribution in [0, 0.1) is 6.92 Å². The van der Waals surface area contributed by atoms with Gasteiger partial charge in [0.05, 0.1) is 19.0 Å². The van der Waals surface area contributed by atoms with E-state index in [1.54, 1.807) is 0 Å². The summed E-state index contributed by atoms with van der Waals surface area (Å²) in [4.78, 5) is 23.9. The van der Waals surface area contributed by atoms with Crippen LogP contribution in [-0.2, 0) is 16.1 Å². The number of fused-ring (bicyclic) bond motifs is 1. The van der Waals surface area contributed by atoms with Crippen LogP contribution in [0.4, 0.5) is 0 Å². The molecule has 7 heteroatoms. The van der Waals surface area contributed by atoms with Crippen molar-refractivity contribution in [1.82, 2.24) is 25.2 Å². The molecule has 0 aliphatic heterocycles. The molecule has 2 heterocycles. The van der Waals surface area contributed by atoms with Crippen LogP contribution in [-0.4, -0.2) is 26.4 Å². The summed E-state index contributed by atoms with van der Waals surface area (Å²) in [5.41, 5.74) is 2.75. The summed E-state index contributed by atoms with van der Waals surface area (Å²) in [5, 5.41) is 13.8. The van der Waals surface area contributed by atoms with Crippen molar-refractivity contribution in [2.45, 2.75) is 32.9 Å². The maximum absolute atomic E-state index is 12.4. The van der Waals surface area contributed by atoms with E-state index in [0.717, 1.165) is 16.8 Å². The number of rotatable bonds is 6.